The second-order valence-corrected chi connectivity index (χ2v) is 7.18. The molecular weight excluding hydrogens is 304 g/mol. The Hall–Kier alpha value is -1.65. The second kappa shape index (κ2) is 7.75. The van der Waals surface area contributed by atoms with Crippen molar-refractivity contribution in [2.75, 3.05) is 26.2 Å². The lowest BCUT2D eigenvalue weighted by Gasteiger charge is -2.31. The number of carbonyl (C=O) groups excluding carboxylic acids is 1. The Balaban J connectivity index is 1.40. The van der Waals surface area contributed by atoms with Crippen molar-refractivity contribution in [2.24, 2.45) is 0 Å². The Bertz CT molecular complexity index is 631. The predicted molar refractivity (Wildman–Crippen MR) is 96.2 cm³/mol. The monoisotopic (exact) mass is 328 g/mol. The van der Waals surface area contributed by atoms with Gasteiger partial charge in [0.15, 0.2) is 0 Å². The Kier molecular flexibility index (Phi) is 5.47. The maximum atomic E-state index is 12.2. The number of hydrogen-bond acceptors (Lipinski definition) is 3. The van der Waals surface area contributed by atoms with E-state index in [1.54, 1.807) is 0 Å². The lowest BCUT2D eigenvalue weighted by molar-refractivity contribution is 0.0945. The fourth-order valence-corrected chi connectivity index (χ4v) is 4.11. The van der Waals surface area contributed by atoms with Crippen LogP contribution in [-0.2, 0) is 0 Å². The summed E-state index contributed by atoms with van der Waals surface area (Å²) in [6.45, 7) is 5.89. The molecule has 0 bridgehead atoms. The van der Waals surface area contributed by atoms with Crippen LogP contribution in [0.25, 0.3) is 0 Å². The molecule has 1 aliphatic heterocycles. The molecule has 2 heterocycles. The molecule has 0 atom stereocenters. The molecule has 122 valence electrons. The van der Waals surface area contributed by atoms with Crippen LogP contribution in [0.2, 0.25) is 0 Å². The average Bonchev–Trinajstić information content (AvgIpc) is 3.10. The predicted octanol–water partition coefficient (Wildman–Crippen LogP) is 3.67. The van der Waals surface area contributed by atoms with Crippen molar-refractivity contribution in [3.63, 3.8) is 0 Å². The molecule has 1 fully saturated rings. The summed E-state index contributed by atoms with van der Waals surface area (Å²) in [6, 6.07) is 12.1. The van der Waals surface area contributed by atoms with Gasteiger partial charge in [0.25, 0.3) is 5.91 Å². The second-order valence-electron chi connectivity index (χ2n) is 6.20. The first-order chi connectivity index (χ1) is 11.2. The van der Waals surface area contributed by atoms with Crippen LogP contribution in [0, 0.1) is 6.92 Å². The van der Waals surface area contributed by atoms with Crippen LogP contribution in [0.4, 0.5) is 0 Å². The molecular formula is C19H24N2OS. The SMILES string of the molecule is Cc1ccccc1C(=O)NCCN1CCC(c2cccs2)CC1. The lowest BCUT2D eigenvalue weighted by atomic mass is 9.95. The molecule has 4 heteroatoms. The van der Waals surface area contributed by atoms with Crippen LogP contribution in [-0.4, -0.2) is 37.0 Å². The van der Waals surface area contributed by atoms with Gasteiger partial charge >= 0.3 is 0 Å². The van der Waals surface area contributed by atoms with E-state index in [9.17, 15) is 4.79 Å². The van der Waals surface area contributed by atoms with E-state index in [4.69, 9.17) is 0 Å². The van der Waals surface area contributed by atoms with Gasteiger partial charge in [0.2, 0.25) is 0 Å². The van der Waals surface area contributed by atoms with Crippen LogP contribution < -0.4 is 5.32 Å². The van der Waals surface area contributed by atoms with Crippen LogP contribution in [0.5, 0.6) is 0 Å². The number of thiophene rings is 1. The molecule has 1 aliphatic rings. The molecule has 0 spiro atoms. The van der Waals surface area contributed by atoms with Gasteiger partial charge in [0.05, 0.1) is 0 Å². The summed E-state index contributed by atoms with van der Waals surface area (Å²) in [5, 5.41) is 5.22. The molecule has 1 amide bonds. The maximum Gasteiger partial charge on any atom is 0.251 e. The fourth-order valence-electron chi connectivity index (χ4n) is 3.22. The summed E-state index contributed by atoms with van der Waals surface area (Å²) in [7, 11) is 0. The summed E-state index contributed by atoms with van der Waals surface area (Å²) >= 11 is 1.88. The highest BCUT2D eigenvalue weighted by Gasteiger charge is 2.21. The molecule has 0 aliphatic carbocycles. The molecule has 23 heavy (non-hydrogen) atoms. The Morgan fingerprint density at radius 3 is 2.70 bits per heavy atom. The first kappa shape index (κ1) is 16.2. The quantitative estimate of drug-likeness (QED) is 0.908. The topological polar surface area (TPSA) is 32.3 Å². The van der Waals surface area contributed by atoms with E-state index in [2.05, 4.69) is 27.7 Å². The Morgan fingerprint density at radius 2 is 2.00 bits per heavy atom. The van der Waals surface area contributed by atoms with Crippen molar-refractivity contribution in [2.45, 2.75) is 25.7 Å². The molecule has 2 aromatic rings. The van der Waals surface area contributed by atoms with Crippen molar-refractivity contribution in [1.82, 2.24) is 10.2 Å². The fraction of sp³-hybridized carbons (Fsp3) is 0.421. The Morgan fingerprint density at radius 1 is 1.22 bits per heavy atom. The number of rotatable bonds is 5. The average molecular weight is 328 g/mol. The zero-order chi connectivity index (χ0) is 16.1. The van der Waals surface area contributed by atoms with E-state index < -0.39 is 0 Å². The number of nitrogens with one attached hydrogen (secondary N) is 1. The van der Waals surface area contributed by atoms with Gasteiger partial charge in [-0.15, -0.1) is 11.3 Å². The highest BCUT2D eigenvalue weighted by atomic mass is 32.1. The zero-order valence-corrected chi connectivity index (χ0v) is 14.4. The van der Waals surface area contributed by atoms with Crippen LogP contribution in [0.15, 0.2) is 41.8 Å². The molecule has 3 rings (SSSR count). The third-order valence-corrected chi connectivity index (χ3v) is 5.67. The van der Waals surface area contributed by atoms with E-state index in [0.717, 1.165) is 43.2 Å². The summed E-state index contributed by atoms with van der Waals surface area (Å²) in [6.07, 6.45) is 2.46. The van der Waals surface area contributed by atoms with Gasteiger partial charge in [-0.25, -0.2) is 0 Å². The van der Waals surface area contributed by atoms with Crippen molar-refractivity contribution < 1.29 is 4.79 Å². The number of carbonyl (C=O) groups is 1. The highest BCUT2D eigenvalue weighted by Crippen LogP contribution is 2.30. The van der Waals surface area contributed by atoms with E-state index >= 15 is 0 Å². The molecule has 0 saturated carbocycles. The van der Waals surface area contributed by atoms with E-state index in [1.807, 2.05) is 42.5 Å². The zero-order valence-electron chi connectivity index (χ0n) is 13.6. The normalized spacial score (nSPS) is 16.4. The first-order valence-corrected chi connectivity index (χ1v) is 9.21. The number of piperidine rings is 1. The van der Waals surface area contributed by atoms with Gasteiger partial charge in [-0.1, -0.05) is 24.3 Å². The van der Waals surface area contributed by atoms with Crippen molar-refractivity contribution >= 4 is 17.2 Å². The minimum Gasteiger partial charge on any atom is -0.351 e. The molecule has 1 aromatic heterocycles. The van der Waals surface area contributed by atoms with Gasteiger partial charge in [0, 0.05) is 23.5 Å². The van der Waals surface area contributed by atoms with E-state index in [0.29, 0.717) is 0 Å². The lowest BCUT2D eigenvalue weighted by Crippen LogP contribution is -2.39. The smallest absolute Gasteiger partial charge is 0.251 e. The van der Waals surface area contributed by atoms with Gasteiger partial charge < -0.3 is 10.2 Å². The molecule has 1 aromatic carbocycles. The number of nitrogens with zero attached hydrogens (tertiary/aromatic N) is 1. The minimum absolute atomic E-state index is 0.0385. The highest BCUT2D eigenvalue weighted by molar-refractivity contribution is 7.10. The summed E-state index contributed by atoms with van der Waals surface area (Å²) in [5.74, 6) is 0.768. The van der Waals surface area contributed by atoms with Crippen LogP contribution in [0.1, 0.15) is 39.6 Å². The van der Waals surface area contributed by atoms with E-state index in [1.165, 1.54) is 17.7 Å². The third-order valence-electron chi connectivity index (χ3n) is 4.64. The number of benzene rings is 1. The number of amides is 1. The van der Waals surface area contributed by atoms with Crippen molar-refractivity contribution in [1.29, 1.82) is 0 Å². The van der Waals surface area contributed by atoms with Crippen molar-refractivity contribution in [3.8, 4) is 0 Å². The standard InChI is InChI=1S/C19H24N2OS/c1-15-5-2-3-6-17(15)19(22)20-10-13-21-11-8-16(9-12-21)18-7-4-14-23-18/h2-7,14,16H,8-13H2,1H3,(H,20,22). The van der Waals surface area contributed by atoms with Crippen LogP contribution in [0.3, 0.4) is 0 Å². The molecule has 0 unspecified atom stereocenters. The molecule has 0 radical (unpaired) electrons. The van der Waals surface area contributed by atoms with Gasteiger partial charge in [-0.2, -0.15) is 0 Å². The minimum atomic E-state index is 0.0385. The largest absolute Gasteiger partial charge is 0.351 e. The van der Waals surface area contributed by atoms with Gasteiger partial charge in [0.1, 0.15) is 0 Å². The first-order valence-electron chi connectivity index (χ1n) is 8.33. The van der Waals surface area contributed by atoms with Gasteiger partial charge in [-0.3, -0.25) is 4.79 Å². The summed E-state index contributed by atoms with van der Waals surface area (Å²) < 4.78 is 0. The van der Waals surface area contributed by atoms with Crippen LogP contribution >= 0.6 is 11.3 Å². The summed E-state index contributed by atoms with van der Waals surface area (Å²) in [5.41, 5.74) is 1.81. The Labute approximate surface area is 142 Å². The number of hydrogen-bond donors (Lipinski definition) is 1. The maximum absolute atomic E-state index is 12.2. The van der Waals surface area contributed by atoms with E-state index in [-0.39, 0.29) is 5.91 Å². The third kappa shape index (κ3) is 4.21. The summed E-state index contributed by atoms with van der Waals surface area (Å²) in [4.78, 5) is 16.2. The van der Waals surface area contributed by atoms with Gasteiger partial charge in [-0.05, 0) is 61.8 Å². The molecule has 1 N–H and O–H groups in total. The van der Waals surface area contributed by atoms with Crippen molar-refractivity contribution in [3.05, 3.63) is 57.8 Å². The number of aryl methyl sites for hydroxylation is 1. The molecule has 3 nitrogen and oxygen atoms in total. The number of likely N-dealkylation sites (tertiary alicyclic amines) is 1. The molecule has 1 saturated heterocycles.